The highest BCUT2D eigenvalue weighted by Gasteiger charge is 2.07. The SMILES string of the molecule is N#Cc1ccc(SCC(=O)NCc2cccnc2)c(F)c1. The first kappa shape index (κ1) is 15.0. The number of pyridine rings is 1. The van der Waals surface area contributed by atoms with Crippen LogP contribution in [-0.4, -0.2) is 16.6 Å². The van der Waals surface area contributed by atoms with E-state index in [2.05, 4.69) is 10.3 Å². The van der Waals surface area contributed by atoms with E-state index in [9.17, 15) is 9.18 Å². The van der Waals surface area contributed by atoms with E-state index in [1.807, 2.05) is 12.1 Å². The molecule has 1 amide bonds. The second kappa shape index (κ2) is 7.41. The molecule has 21 heavy (non-hydrogen) atoms. The zero-order valence-corrected chi connectivity index (χ0v) is 11.9. The third-order valence-electron chi connectivity index (χ3n) is 2.63. The molecule has 0 fully saturated rings. The maximum atomic E-state index is 13.6. The first-order valence-corrected chi connectivity index (χ1v) is 7.15. The van der Waals surface area contributed by atoms with E-state index in [-0.39, 0.29) is 17.2 Å². The number of nitriles is 1. The second-order valence-corrected chi connectivity index (χ2v) is 5.20. The lowest BCUT2D eigenvalue weighted by Crippen LogP contribution is -2.24. The van der Waals surface area contributed by atoms with Crippen LogP contribution < -0.4 is 5.32 Å². The fourth-order valence-corrected chi connectivity index (χ4v) is 2.33. The molecule has 2 rings (SSSR count). The summed E-state index contributed by atoms with van der Waals surface area (Å²) in [4.78, 5) is 16.0. The molecule has 0 saturated carbocycles. The molecule has 1 heterocycles. The molecular formula is C15H12FN3OS. The van der Waals surface area contributed by atoms with Gasteiger partial charge in [0.15, 0.2) is 0 Å². The van der Waals surface area contributed by atoms with E-state index in [1.54, 1.807) is 18.5 Å². The minimum absolute atomic E-state index is 0.114. The fraction of sp³-hybridized carbons (Fsp3) is 0.133. The van der Waals surface area contributed by atoms with Gasteiger partial charge in [-0.2, -0.15) is 5.26 Å². The van der Waals surface area contributed by atoms with Crippen LogP contribution in [0.2, 0.25) is 0 Å². The normalized spacial score (nSPS) is 9.90. The van der Waals surface area contributed by atoms with Gasteiger partial charge in [0.25, 0.3) is 0 Å². The number of thioether (sulfide) groups is 1. The number of benzene rings is 1. The van der Waals surface area contributed by atoms with E-state index >= 15 is 0 Å². The maximum absolute atomic E-state index is 13.6. The van der Waals surface area contributed by atoms with Crippen molar-refractivity contribution >= 4 is 17.7 Å². The summed E-state index contributed by atoms with van der Waals surface area (Å²) in [7, 11) is 0. The van der Waals surface area contributed by atoms with Crippen molar-refractivity contribution in [3.05, 3.63) is 59.7 Å². The predicted octanol–water partition coefficient (Wildman–Crippen LogP) is 2.50. The minimum atomic E-state index is -0.487. The van der Waals surface area contributed by atoms with Crippen LogP contribution in [-0.2, 0) is 11.3 Å². The average Bonchev–Trinajstić information content (AvgIpc) is 2.52. The van der Waals surface area contributed by atoms with Crippen LogP contribution in [0.15, 0.2) is 47.6 Å². The van der Waals surface area contributed by atoms with Crippen molar-refractivity contribution in [1.29, 1.82) is 5.26 Å². The Bertz CT molecular complexity index is 670. The smallest absolute Gasteiger partial charge is 0.230 e. The lowest BCUT2D eigenvalue weighted by Gasteiger charge is -2.06. The van der Waals surface area contributed by atoms with Gasteiger partial charge in [-0.05, 0) is 29.8 Å². The summed E-state index contributed by atoms with van der Waals surface area (Å²) in [6, 6.07) is 9.72. The van der Waals surface area contributed by atoms with Crippen LogP contribution >= 0.6 is 11.8 Å². The molecule has 2 aromatic rings. The molecule has 1 aromatic heterocycles. The molecule has 1 aromatic carbocycles. The van der Waals surface area contributed by atoms with Crippen molar-refractivity contribution < 1.29 is 9.18 Å². The van der Waals surface area contributed by atoms with Crippen molar-refractivity contribution in [2.75, 3.05) is 5.75 Å². The molecule has 0 aliphatic heterocycles. The lowest BCUT2D eigenvalue weighted by molar-refractivity contribution is -0.118. The van der Waals surface area contributed by atoms with Crippen LogP contribution in [0.5, 0.6) is 0 Å². The minimum Gasteiger partial charge on any atom is -0.351 e. The number of carbonyl (C=O) groups excluding carboxylic acids is 1. The average molecular weight is 301 g/mol. The first-order chi connectivity index (χ1) is 10.2. The van der Waals surface area contributed by atoms with Gasteiger partial charge in [-0.1, -0.05) is 6.07 Å². The first-order valence-electron chi connectivity index (χ1n) is 6.17. The van der Waals surface area contributed by atoms with Crippen LogP contribution in [0.1, 0.15) is 11.1 Å². The number of aromatic nitrogens is 1. The number of hydrogen-bond acceptors (Lipinski definition) is 4. The largest absolute Gasteiger partial charge is 0.351 e. The van der Waals surface area contributed by atoms with Crippen LogP contribution in [0.25, 0.3) is 0 Å². The van der Waals surface area contributed by atoms with Gasteiger partial charge in [-0.25, -0.2) is 4.39 Å². The Kier molecular flexibility index (Phi) is 5.29. The number of nitrogens with zero attached hydrogens (tertiary/aromatic N) is 2. The van der Waals surface area contributed by atoms with E-state index in [0.29, 0.717) is 11.4 Å². The van der Waals surface area contributed by atoms with Crippen LogP contribution in [0, 0.1) is 17.1 Å². The molecule has 0 bridgehead atoms. The highest BCUT2D eigenvalue weighted by atomic mass is 32.2. The summed E-state index contributed by atoms with van der Waals surface area (Å²) in [5.74, 6) is -0.560. The van der Waals surface area contributed by atoms with Gasteiger partial charge >= 0.3 is 0 Å². The Morgan fingerprint density at radius 3 is 2.95 bits per heavy atom. The number of amides is 1. The van der Waals surface area contributed by atoms with E-state index in [1.165, 1.54) is 12.1 Å². The molecule has 0 radical (unpaired) electrons. The van der Waals surface area contributed by atoms with Crippen molar-refractivity contribution in [2.24, 2.45) is 0 Å². The predicted molar refractivity (Wildman–Crippen MR) is 77.9 cm³/mol. The molecule has 0 spiro atoms. The summed E-state index contributed by atoms with van der Waals surface area (Å²) >= 11 is 1.10. The number of hydrogen-bond donors (Lipinski definition) is 1. The standard InChI is InChI=1S/C15H12FN3OS/c16-13-6-11(7-17)3-4-14(13)21-10-15(20)19-9-12-2-1-5-18-8-12/h1-6,8H,9-10H2,(H,19,20). The number of nitrogens with one attached hydrogen (secondary N) is 1. The van der Waals surface area contributed by atoms with Gasteiger partial charge in [0.1, 0.15) is 5.82 Å². The topological polar surface area (TPSA) is 65.8 Å². The van der Waals surface area contributed by atoms with Crippen LogP contribution in [0.4, 0.5) is 4.39 Å². The molecule has 1 N–H and O–H groups in total. The van der Waals surface area contributed by atoms with Gasteiger partial charge in [-0.3, -0.25) is 9.78 Å². The molecule has 0 atom stereocenters. The van der Waals surface area contributed by atoms with E-state index in [0.717, 1.165) is 23.4 Å². The highest BCUT2D eigenvalue weighted by molar-refractivity contribution is 8.00. The molecule has 6 heteroatoms. The number of rotatable bonds is 5. The monoisotopic (exact) mass is 301 g/mol. The third-order valence-corrected chi connectivity index (χ3v) is 3.68. The van der Waals surface area contributed by atoms with Crippen LogP contribution in [0.3, 0.4) is 0 Å². The van der Waals surface area contributed by atoms with Crippen molar-refractivity contribution in [2.45, 2.75) is 11.4 Å². The quantitative estimate of drug-likeness (QED) is 0.862. The molecule has 106 valence electrons. The van der Waals surface area contributed by atoms with Gasteiger partial charge in [0, 0.05) is 23.8 Å². The Balaban J connectivity index is 1.83. The molecule has 0 aliphatic carbocycles. The van der Waals surface area contributed by atoms with Crippen molar-refractivity contribution in [3.8, 4) is 6.07 Å². The van der Waals surface area contributed by atoms with Gasteiger partial charge in [0.2, 0.25) is 5.91 Å². The van der Waals surface area contributed by atoms with Gasteiger partial charge < -0.3 is 5.32 Å². The number of carbonyl (C=O) groups is 1. The Labute approximate surface area is 126 Å². The Morgan fingerprint density at radius 2 is 2.29 bits per heavy atom. The molecule has 0 aliphatic rings. The highest BCUT2D eigenvalue weighted by Crippen LogP contribution is 2.22. The fourth-order valence-electron chi connectivity index (χ4n) is 1.59. The second-order valence-electron chi connectivity index (χ2n) is 4.18. The van der Waals surface area contributed by atoms with E-state index in [4.69, 9.17) is 5.26 Å². The van der Waals surface area contributed by atoms with Gasteiger partial charge in [0.05, 0.1) is 17.4 Å². The summed E-state index contributed by atoms with van der Waals surface area (Å²) in [6.07, 6.45) is 3.34. The Morgan fingerprint density at radius 1 is 1.43 bits per heavy atom. The zero-order valence-electron chi connectivity index (χ0n) is 11.0. The zero-order chi connectivity index (χ0) is 15.1. The van der Waals surface area contributed by atoms with Gasteiger partial charge in [-0.15, -0.1) is 11.8 Å². The summed E-state index contributed by atoms with van der Waals surface area (Å²) in [5.41, 5.74) is 1.17. The summed E-state index contributed by atoms with van der Waals surface area (Å²) in [6.45, 7) is 0.392. The van der Waals surface area contributed by atoms with Crippen molar-refractivity contribution in [1.82, 2.24) is 10.3 Å². The molecule has 0 saturated heterocycles. The van der Waals surface area contributed by atoms with Crippen molar-refractivity contribution in [3.63, 3.8) is 0 Å². The third kappa shape index (κ3) is 4.58. The number of halogens is 1. The maximum Gasteiger partial charge on any atom is 0.230 e. The summed E-state index contributed by atoms with van der Waals surface area (Å²) in [5, 5.41) is 11.4. The lowest BCUT2D eigenvalue weighted by atomic mass is 10.2. The summed E-state index contributed by atoms with van der Waals surface area (Å²) < 4.78 is 13.6. The molecule has 0 unspecified atom stereocenters. The van der Waals surface area contributed by atoms with E-state index < -0.39 is 5.82 Å². The Hall–Kier alpha value is -2.39. The molecular weight excluding hydrogens is 289 g/mol. The molecule has 4 nitrogen and oxygen atoms in total.